The summed E-state index contributed by atoms with van der Waals surface area (Å²) in [6, 6.07) is 2.24. The van der Waals surface area contributed by atoms with Gasteiger partial charge in [0.15, 0.2) is 0 Å². The molecule has 1 aromatic rings. The lowest BCUT2D eigenvalue weighted by Crippen LogP contribution is -2.46. The van der Waals surface area contributed by atoms with Gasteiger partial charge in [-0.15, -0.1) is 23.7 Å². The Bertz CT molecular complexity index is 567. The minimum atomic E-state index is -0.0118. The molecule has 0 saturated carbocycles. The van der Waals surface area contributed by atoms with E-state index in [1.807, 2.05) is 18.3 Å². The van der Waals surface area contributed by atoms with Crippen molar-refractivity contribution in [2.24, 2.45) is 4.99 Å². The van der Waals surface area contributed by atoms with Crippen molar-refractivity contribution in [3.8, 4) is 0 Å². The number of carbonyl (C=O) groups excluding carboxylic acids is 1. The van der Waals surface area contributed by atoms with Crippen LogP contribution >= 0.6 is 35.5 Å². The number of nitrogens with zero attached hydrogens (tertiary/aromatic N) is 3. The zero-order valence-electron chi connectivity index (χ0n) is 13.7. The number of piperazine rings is 1. The van der Waals surface area contributed by atoms with Gasteiger partial charge >= 0.3 is 5.24 Å². The largest absolute Gasteiger partial charge is 0.368 e. The van der Waals surface area contributed by atoms with Crippen LogP contribution in [0.15, 0.2) is 16.4 Å². The van der Waals surface area contributed by atoms with E-state index in [4.69, 9.17) is 0 Å². The first-order valence-corrected chi connectivity index (χ1v) is 9.66. The van der Waals surface area contributed by atoms with Crippen molar-refractivity contribution in [1.82, 2.24) is 4.90 Å². The van der Waals surface area contributed by atoms with Gasteiger partial charge in [-0.1, -0.05) is 11.8 Å². The lowest BCUT2D eigenvalue weighted by molar-refractivity contribution is 0.254. The fourth-order valence-electron chi connectivity index (χ4n) is 3.14. The molecule has 1 saturated heterocycles. The lowest BCUT2D eigenvalue weighted by atomic mass is 10.1. The van der Waals surface area contributed by atoms with Crippen LogP contribution in [0.1, 0.15) is 24.6 Å². The van der Waals surface area contributed by atoms with Crippen molar-refractivity contribution in [3.63, 3.8) is 0 Å². The zero-order valence-corrected chi connectivity index (χ0v) is 16.1. The van der Waals surface area contributed by atoms with Gasteiger partial charge in [0.05, 0.1) is 10.9 Å². The van der Waals surface area contributed by atoms with Gasteiger partial charge in [-0.05, 0) is 44.7 Å². The Hall–Kier alpha value is -0.560. The van der Waals surface area contributed by atoms with Gasteiger partial charge in [-0.2, -0.15) is 0 Å². The van der Waals surface area contributed by atoms with Crippen LogP contribution in [0.25, 0.3) is 0 Å². The van der Waals surface area contributed by atoms with E-state index in [0.29, 0.717) is 5.25 Å². The molecule has 7 heteroatoms. The second-order valence-corrected chi connectivity index (χ2v) is 8.23. The van der Waals surface area contributed by atoms with Crippen molar-refractivity contribution in [2.45, 2.75) is 31.9 Å². The monoisotopic (exact) mass is 373 g/mol. The molecule has 0 aromatic carbocycles. The molecule has 0 aliphatic carbocycles. The maximum absolute atomic E-state index is 11.3. The number of thiophene rings is 1. The number of carbonyl (C=O) groups is 1. The van der Waals surface area contributed by atoms with Crippen molar-refractivity contribution >= 4 is 52.1 Å². The van der Waals surface area contributed by atoms with Crippen LogP contribution in [0, 0.1) is 6.92 Å². The van der Waals surface area contributed by atoms with Gasteiger partial charge in [0.1, 0.15) is 0 Å². The first kappa shape index (κ1) is 18.8. The number of anilines is 1. The van der Waals surface area contributed by atoms with Crippen molar-refractivity contribution < 1.29 is 4.79 Å². The standard InChI is InChI=1S/C16H23N3OS2.ClH/c1-12-15(22-16(20)17-12)4-3-6-18-7-9-19(10-8-18)14-5-11-21-13(14)2;/h5,11,15H,3-4,6-10H2,1-2H3;1H. The van der Waals surface area contributed by atoms with E-state index >= 15 is 0 Å². The molecule has 1 atom stereocenters. The Morgan fingerprint density at radius 3 is 2.57 bits per heavy atom. The quantitative estimate of drug-likeness (QED) is 0.779. The molecule has 2 aliphatic rings. The predicted molar refractivity (Wildman–Crippen MR) is 104 cm³/mol. The van der Waals surface area contributed by atoms with Gasteiger partial charge < -0.3 is 4.90 Å². The third-order valence-corrected chi connectivity index (χ3v) is 6.45. The third-order valence-electron chi connectivity index (χ3n) is 4.46. The number of aliphatic imine (C=N–C) groups is 1. The van der Waals surface area contributed by atoms with Crippen molar-refractivity contribution in [2.75, 3.05) is 37.6 Å². The molecule has 0 bridgehead atoms. The van der Waals surface area contributed by atoms with Crippen LogP contribution in [0.5, 0.6) is 0 Å². The summed E-state index contributed by atoms with van der Waals surface area (Å²) in [6.07, 6.45) is 2.21. The zero-order chi connectivity index (χ0) is 15.5. The minimum Gasteiger partial charge on any atom is -0.368 e. The van der Waals surface area contributed by atoms with Crippen LogP contribution in [-0.4, -0.2) is 53.8 Å². The molecule has 4 nitrogen and oxygen atoms in total. The first-order valence-electron chi connectivity index (χ1n) is 7.90. The Labute approximate surface area is 152 Å². The summed E-state index contributed by atoms with van der Waals surface area (Å²) in [5.41, 5.74) is 2.42. The van der Waals surface area contributed by atoms with E-state index < -0.39 is 0 Å². The number of thioether (sulfide) groups is 1. The van der Waals surface area contributed by atoms with Gasteiger partial charge in [0.25, 0.3) is 0 Å². The van der Waals surface area contributed by atoms with E-state index in [2.05, 4.69) is 33.2 Å². The summed E-state index contributed by atoms with van der Waals surface area (Å²) in [5.74, 6) is 0. The molecule has 0 N–H and O–H groups in total. The number of aryl methyl sites for hydroxylation is 1. The molecule has 3 rings (SSSR count). The molecule has 23 heavy (non-hydrogen) atoms. The molecule has 1 unspecified atom stereocenters. The average molecular weight is 374 g/mol. The van der Waals surface area contributed by atoms with E-state index in [1.54, 1.807) is 0 Å². The SMILES string of the molecule is CC1=NC(=O)SC1CCCN1CCN(c2ccsc2C)CC1.Cl. The van der Waals surface area contributed by atoms with Crippen LogP contribution in [-0.2, 0) is 0 Å². The summed E-state index contributed by atoms with van der Waals surface area (Å²) in [7, 11) is 0. The Morgan fingerprint density at radius 2 is 2.00 bits per heavy atom. The summed E-state index contributed by atoms with van der Waals surface area (Å²) in [4.78, 5) is 21.7. The Kier molecular flexibility index (Phi) is 6.95. The van der Waals surface area contributed by atoms with Crippen LogP contribution in [0.4, 0.5) is 10.5 Å². The number of amides is 1. The fourth-order valence-corrected chi connectivity index (χ4v) is 4.80. The van der Waals surface area contributed by atoms with Crippen molar-refractivity contribution in [3.05, 3.63) is 16.3 Å². The molecule has 1 aromatic heterocycles. The molecule has 0 spiro atoms. The summed E-state index contributed by atoms with van der Waals surface area (Å²) in [5, 5.41) is 2.49. The molecule has 128 valence electrons. The van der Waals surface area contributed by atoms with Gasteiger partial charge in [-0.25, -0.2) is 4.99 Å². The lowest BCUT2D eigenvalue weighted by Gasteiger charge is -2.36. The van der Waals surface area contributed by atoms with Crippen molar-refractivity contribution in [1.29, 1.82) is 0 Å². The van der Waals surface area contributed by atoms with Gasteiger partial charge in [0, 0.05) is 36.8 Å². The number of hydrogen-bond donors (Lipinski definition) is 0. The molecule has 1 fully saturated rings. The molecular formula is C16H24ClN3OS2. The van der Waals surface area contributed by atoms with E-state index in [-0.39, 0.29) is 17.6 Å². The van der Waals surface area contributed by atoms with Crippen LogP contribution in [0.3, 0.4) is 0 Å². The maximum Gasteiger partial charge on any atom is 0.305 e. The Balaban J connectivity index is 0.00000192. The van der Waals surface area contributed by atoms with E-state index in [1.165, 1.54) is 22.3 Å². The second kappa shape index (κ2) is 8.51. The highest BCUT2D eigenvalue weighted by Gasteiger charge is 2.24. The first-order chi connectivity index (χ1) is 10.6. The minimum absolute atomic E-state index is 0. The smallest absolute Gasteiger partial charge is 0.305 e. The van der Waals surface area contributed by atoms with Gasteiger partial charge in [-0.3, -0.25) is 9.69 Å². The molecule has 0 radical (unpaired) electrons. The maximum atomic E-state index is 11.3. The highest BCUT2D eigenvalue weighted by atomic mass is 35.5. The number of hydrogen-bond acceptors (Lipinski definition) is 5. The predicted octanol–water partition coefficient (Wildman–Crippen LogP) is 4.08. The molecule has 1 amide bonds. The van der Waals surface area contributed by atoms with Crippen LogP contribution < -0.4 is 4.90 Å². The molecule has 3 heterocycles. The molecule has 2 aliphatic heterocycles. The van der Waals surface area contributed by atoms with Gasteiger partial charge in [0.2, 0.25) is 0 Å². The van der Waals surface area contributed by atoms with E-state index in [0.717, 1.165) is 51.3 Å². The molecular weight excluding hydrogens is 350 g/mol. The summed E-state index contributed by atoms with van der Waals surface area (Å²) in [6.45, 7) is 9.83. The van der Waals surface area contributed by atoms with E-state index in [9.17, 15) is 4.79 Å². The summed E-state index contributed by atoms with van der Waals surface area (Å²) >= 11 is 3.22. The van der Waals surface area contributed by atoms with Crippen LogP contribution in [0.2, 0.25) is 0 Å². The Morgan fingerprint density at radius 1 is 1.26 bits per heavy atom. The topological polar surface area (TPSA) is 35.9 Å². The average Bonchev–Trinajstić information content (AvgIpc) is 3.06. The third kappa shape index (κ3) is 4.72. The highest BCUT2D eigenvalue weighted by molar-refractivity contribution is 8.15. The highest BCUT2D eigenvalue weighted by Crippen LogP contribution is 2.28. The number of rotatable bonds is 5. The second-order valence-electron chi connectivity index (χ2n) is 5.96. The normalized spacial score (nSPS) is 22.2. The fraction of sp³-hybridized carbons (Fsp3) is 0.625. The number of halogens is 1. The summed E-state index contributed by atoms with van der Waals surface area (Å²) < 4.78 is 0.